The van der Waals surface area contributed by atoms with Gasteiger partial charge < -0.3 is 26.0 Å². The van der Waals surface area contributed by atoms with E-state index in [1.54, 1.807) is 31.2 Å². The third-order valence-corrected chi connectivity index (χ3v) is 9.96. The van der Waals surface area contributed by atoms with Crippen molar-refractivity contribution in [3.8, 4) is 5.75 Å². The van der Waals surface area contributed by atoms with Crippen molar-refractivity contribution in [2.45, 2.75) is 111 Å². The van der Waals surface area contributed by atoms with Crippen molar-refractivity contribution in [1.82, 2.24) is 25.6 Å². The molecule has 1 fully saturated rings. The smallest absolute Gasteiger partial charge is 0.315 e. The van der Waals surface area contributed by atoms with Gasteiger partial charge in [0.05, 0.1) is 13.2 Å². The van der Waals surface area contributed by atoms with Gasteiger partial charge in [-0.2, -0.15) is 0 Å². The van der Waals surface area contributed by atoms with Crippen LogP contribution in [0.15, 0.2) is 24.3 Å². The molecule has 2 rings (SSSR count). The molecule has 1 aromatic rings. The van der Waals surface area contributed by atoms with Gasteiger partial charge in [-0.05, 0) is 73.9 Å². The van der Waals surface area contributed by atoms with E-state index < -0.39 is 54.1 Å². The topological polar surface area (TPSA) is 129 Å². The Balaban J connectivity index is 2.02. The number of nitrogens with zero attached hydrogens (tertiary/aromatic N) is 1. The maximum atomic E-state index is 13.9. The first-order chi connectivity index (χ1) is 22.8. The number of Topliss-reactive ketones (excluding diaryl/α,β-unsaturated/α-hetero) is 1. The summed E-state index contributed by atoms with van der Waals surface area (Å²) >= 11 is 1.57. The molecule has 13 heteroatoms. The highest BCUT2D eigenvalue weighted by Gasteiger charge is 2.39. The molecule has 10 nitrogen and oxygen atoms in total. The van der Waals surface area contributed by atoms with Crippen molar-refractivity contribution in [3.63, 3.8) is 0 Å². The molecule has 5 atom stereocenters. The molecule has 0 aliphatic heterocycles. The molecule has 1 unspecified atom stereocenters. The van der Waals surface area contributed by atoms with E-state index in [4.69, 9.17) is 4.74 Å². The van der Waals surface area contributed by atoms with Crippen molar-refractivity contribution < 1.29 is 32.7 Å². The third-order valence-electron chi connectivity index (χ3n) is 9.19. The Labute approximate surface area is 296 Å². The Kier molecular flexibility index (Phi) is 16.8. The maximum Gasteiger partial charge on any atom is 0.315 e. The summed E-state index contributed by atoms with van der Waals surface area (Å²) in [6.45, 7) is 12.8. The zero-order chi connectivity index (χ0) is 36.9. The summed E-state index contributed by atoms with van der Waals surface area (Å²) in [4.78, 5) is 53.4. The second kappa shape index (κ2) is 19.5. The standard InChI is InChI=1S/C36H59F2N5O5S/c1-35(2,3)28(22-43(7)49-9)41-34(47)42-31(36(4,5)6)30(44)24-11-10-12-25(16-15-24)32(45)40-27(21-29(37)38)33(46)39-20-19-23-13-17-26(48-8)18-14-23/h13-14,17-18,24-25,27-29,31H,10-12,15-16,19-22H2,1-9H3,(H,39,46)(H,40,45)(H2,41,42,47)/t24?,25-,27+,28-,31-/m1/s1. The van der Waals surface area contributed by atoms with Gasteiger partial charge in [0.1, 0.15) is 11.8 Å². The van der Waals surface area contributed by atoms with E-state index in [1.165, 1.54) is 0 Å². The van der Waals surface area contributed by atoms with Crippen molar-refractivity contribution in [3.05, 3.63) is 29.8 Å². The highest BCUT2D eigenvalue weighted by molar-refractivity contribution is 7.96. The predicted octanol–water partition coefficient (Wildman–Crippen LogP) is 5.60. The SMILES string of the molecule is COc1ccc(CCNC(=O)[C@H](CC(F)F)NC(=O)[C@@H]2CCCC(C(=O)[C@@H](NC(=O)N[C@H](CN(C)SC)C(C)(C)C)C(C)(C)C)CC2)cc1. The fourth-order valence-electron chi connectivity index (χ4n) is 5.94. The number of urea groups is 1. The van der Waals surface area contributed by atoms with Gasteiger partial charge in [0.15, 0.2) is 5.78 Å². The van der Waals surface area contributed by atoms with Gasteiger partial charge in [0.25, 0.3) is 0 Å². The predicted molar refractivity (Wildman–Crippen MR) is 192 cm³/mol. The number of alkyl halides is 2. The normalized spacial score (nSPS) is 19.0. The number of carbonyl (C=O) groups is 4. The van der Waals surface area contributed by atoms with Crippen LogP contribution in [0.2, 0.25) is 0 Å². The number of ether oxygens (including phenoxy) is 1. The second-order valence-corrected chi connectivity index (χ2v) is 16.2. The minimum Gasteiger partial charge on any atom is -0.497 e. The van der Waals surface area contributed by atoms with Crippen molar-refractivity contribution in [1.29, 1.82) is 0 Å². The molecule has 0 radical (unpaired) electrons. The van der Waals surface area contributed by atoms with Gasteiger partial charge in [-0.3, -0.25) is 18.7 Å². The number of ketones is 1. The van der Waals surface area contributed by atoms with E-state index in [2.05, 4.69) is 42.0 Å². The van der Waals surface area contributed by atoms with Crippen LogP contribution in [0.1, 0.15) is 85.6 Å². The number of benzene rings is 1. The second-order valence-electron chi connectivity index (χ2n) is 15.2. The maximum absolute atomic E-state index is 13.9. The Bertz CT molecular complexity index is 1220. The van der Waals surface area contributed by atoms with Gasteiger partial charge in [0.2, 0.25) is 18.2 Å². The lowest BCUT2D eigenvalue weighted by Gasteiger charge is -2.36. The highest BCUT2D eigenvalue weighted by Crippen LogP contribution is 2.32. The zero-order valence-electron chi connectivity index (χ0n) is 30.8. The van der Waals surface area contributed by atoms with Crippen LogP contribution < -0.4 is 26.0 Å². The summed E-state index contributed by atoms with van der Waals surface area (Å²) in [6, 6.07) is 4.63. The summed E-state index contributed by atoms with van der Waals surface area (Å²) in [5.74, 6) is -1.39. The molecule has 0 spiro atoms. The average molecular weight is 712 g/mol. The van der Waals surface area contributed by atoms with Crippen LogP contribution in [-0.4, -0.2) is 86.0 Å². The molecular formula is C36H59F2N5O5S. The lowest BCUT2D eigenvalue weighted by molar-refractivity contribution is -0.132. The summed E-state index contributed by atoms with van der Waals surface area (Å²) < 4.78 is 34.1. The Morgan fingerprint density at radius 1 is 0.918 bits per heavy atom. The van der Waals surface area contributed by atoms with Crippen LogP contribution >= 0.6 is 11.9 Å². The summed E-state index contributed by atoms with van der Waals surface area (Å²) in [6.07, 6.45) is 1.29. The number of methoxy groups -OCH3 is 1. The molecule has 1 saturated carbocycles. The van der Waals surface area contributed by atoms with E-state index in [0.717, 1.165) is 5.56 Å². The molecule has 4 amide bonds. The molecule has 4 N–H and O–H groups in total. The summed E-state index contributed by atoms with van der Waals surface area (Å²) in [5, 5.41) is 11.3. The van der Waals surface area contributed by atoms with Crippen molar-refractivity contribution in [2.75, 3.05) is 33.5 Å². The van der Waals surface area contributed by atoms with Crippen LogP contribution in [0, 0.1) is 22.7 Å². The van der Waals surface area contributed by atoms with E-state index >= 15 is 0 Å². The lowest BCUT2D eigenvalue weighted by Crippen LogP contribution is -2.58. The molecule has 0 bridgehead atoms. The first-order valence-electron chi connectivity index (χ1n) is 17.2. The summed E-state index contributed by atoms with van der Waals surface area (Å²) in [5.41, 5.74) is 0.162. The quantitative estimate of drug-likeness (QED) is 0.130. The zero-order valence-corrected chi connectivity index (χ0v) is 31.6. The monoisotopic (exact) mass is 711 g/mol. The molecule has 1 aliphatic rings. The average Bonchev–Trinajstić information content (AvgIpc) is 3.28. The fraction of sp³-hybridized carbons (Fsp3) is 0.722. The van der Waals surface area contributed by atoms with Crippen molar-refractivity contribution in [2.24, 2.45) is 22.7 Å². The number of halogens is 2. The van der Waals surface area contributed by atoms with Gasteiger partial charge in [0, 0.05) is 37.4 Å². The fourth-order valence-corrected chi connectivity index (χ4v) is 6.24. The Morgan fingerprint density at radius 3 is 2.08 bits per heavy atom. The number of hydrogen-bond acceptors (Lipinski definition) is 7. The molecule has 0 saturated heterocycles. The molecule has 49 heavy (non-hydrogen) atoms. The number of amides is 4. The first kappa shape index (κ1) is 42.2. The van der Waals surface area contributed by atoms with Gasteiger partial charge in [-0.1, -0.05) is 72.0 Å². The van der Waals surface area contributed by atoms with Crippen LogP contribution in [0.5, 0.6) is 5.75 Å². The lowest BCUT2D eigenvalue weighted by atomic mass is 9.78. The van der Waals surface area contributed by atoms with Gasteiger partial charge in [-0.15, -0.1) is 0 Å². The number of likely N-dealkylation sites (N-methyl/N-ethyl adjacent to an activating group) is 1. The van der Waals surface area contributed by atoms with E-state index in [0.29, 0.717) is 50.8 Å². The Morgan fingerprint density at radius 2 is 1.53 bits per heavy atom. The molecule has 0 heterocycles. The number of carbonyl (C=O) groups excluding carboxylic acids is 4. The van der Waals surface area contributed by atoms with Gasteiger partial charge in [-0.25, -0.2) is 13.6 Å². The van der Waals surface area contributed by atoms with Crippen LogP contribution in [-0.2, 0) is 20.8 Å². The molecular weight excluding hydrogens is 652 g/mol. The molecule has 1 aromatic carbocycles. The highest BCUT2D eigenvalue weighted by atomic mass is 32.2. The van der Waals surface area contributed by atoms with E-state index in [-0.39, 0.29) is 29.7 Å². The molecule has 1 aliphatic carbocycles. The third kappa shape index (κ3) is 14.4. The van der Waals surface area contributed by atoms with Crippen LogP contribution in [0.4, 0.5) is 13.6 Å². The van der Waals surface area contributed by atoms with Crippen LogP contribution in [0.3, 0.4) is 0 Å². The van der Waals surface area contributed by atoms with E-state index in [1.807, 2.05) is 50.5 Å². The minimum atomic E-state index is -2.78. The van der Waals surface area contributed by atoms with Crippen LogP contribution in [0.25, 0.3) is 0 Å². The summed E-state index contributed by atoms with van der Waals surface area (Å²) in [7, 11) is 3.53. The number of nitrogens with one attached hydrogen (secondary N) is 4. The molecule has 278 valence electrons. The van der Waals surface area contributed by atoms with Crippen molar-refractivity contribution >= 4 is 35.6 Å². The number of rotatable bonds is 16. The minimum absolute atomic E-state index is 0.0796. The number of hydrogen-bond donors (Lipinski definition) is 4. The Hall–Kier alpha value is -2.93. The van der Waals surface area contributed by atoms with Gasteiger partial charge >= 0.3 is 6.03 Å². The largest absolute Gasteiger partial charge is 0.497 e. The first-order valence-corrected chi connectivity index (χ1v) is 18.4. The van der Waals surface area contributed by atoms with E-state index in [9.17, 15) is 28.0 Å². The molecule has 0 aromatic heterocycles.